The molecule has 0 radical (unpaired) electrons. The predicted octanol–water partition coefficient (Wildman–Crippen LogP) is 2.81. The first-order chi connectivity index (χ1) is 12.4. The molecule has 0 saturated carbocycles. The van der Waals surface area contributed by atoms with Crippen molar-refractivity contribution in [2.24, 2.45) is 0 Å². The molecule has 3 aromatic rings. The number of halogens is 1. The molecule has 3 rings (SSSR count). The zero-order chi connectivity index (χ0) is 18.7. The minimum absolute atomic E-state index is 0.240. The normalized spacial score (nSPS) is 11.5. The van der Waals surface area contributed by atoms with Crippen LogP contribution in [0.4, 0.5) is 4.39 Å². The van der Waals surface area contributed by atoms with Gasteiger partial charge in [0, 0.05) is 0 Å². The number of hydrogen-bond donors (Lipinski definition) is 1. The molecule has 2 heterocycles. The monoisotopic (exact) mass is 396 g/mol. The zero-order valence-corrected chi connectivity index (χ0v) is 15.1. The molecule has 0 saturated heterocycles. The van der Waals surface area contributed by atoms with E-state index in [2.05, 4.69) is 9.71 Å². The number of nitrogens with zero attached hydrogens (tertiary/aromatic N) is 1. The highest BCUT2D eigenvalue weighted by atomic mass is 32.2. The maximum Gasteiger partial charge on any atom is 0.341 e. The quantitative estimate of drug-likeness (QED) is 0.644. The Balaban J connectivity index is 1.73. The number of benzene rings is 1. The SMILES string of the molecule is CNS(=O)(=O)c1ccc(F)c(C(=O)OCc2coc(-c3cccs3)n2)c1. The maximum absolute atomic E-state index is 13.9. The molecule has 2 aromatic heterocycles. The van der Waals surface area contributed by atoms with E-state index in [4.69, 9.17) is 9.15 Å². The Morgan fingerprint density at radius 2 is 2.19 bits per heavy atom. The molecule has 0 aliphatic heterocycles. The van der Waals surface area contributed by atoms with E-state index in [0.717, 1.165) is 23.1 Å². The summed E-state index contributed by atoms with van der Waals surface area (Å²) in [5, 5.41) is 1.87. The molecule has 0 fully saturated rings. The number of oxazole rings is 1. The van der Waals surface area contributed by atoms with Crippen molar-refractivity contribution in [3.63, 3.8) is 0 Å². The summed E-state index contributed by atoms with van der Waals surface area (Å²) in [6.45, 7) is -0.240. The fourth-order valence-corrected chi connectivity index (χ4v) is 3.46. The number of nitrogens with one attached hydrogen (secondary N) is 1. The minimum Gasteiger partial charge on any atom is -0.455 e. The molecule has 0 bridgehead atoms. The van der Waals surface area contributed by atoms with Gasteiger partial charge in [-0.25, -0.2) is 27.3 Å². The van der Waals surface area contributed by atoms with Gasteiger partial charge >= 0.3 is 5.97 Å². The van der Waals surface area contributed by atoms with E-state index >= 15 is 0 Å². The van der Waals surface area contributed by atoms with Crippen molar-refractivity contribution in [3.8, 4) is 10.8 Å². The molecule has 0 amide bonds. The molecular weight excluding hydrogens is 383 g/mol. The summed E-state index contributed by atoms with van der Waals surface area (Å²) < 4.78 is 49.8. The van der Waals surface area contributed by atoms with Crippen molar-refractivity contribution in [1.29, 1.82) is 0 Å². The summed E-state index contributed by atoms with van der Waals surface area (Å²) in [7, 11) is -2.60. The van der Waals surface area contributed by atoms with Crippen LogP contribution in [0.15, 0.2) is 51.3 Å². The highest BCUT2D eigenvalue weighted by Crippen LogP contribution is 2.24. The number of thiophene rings is 1. The number of esters is 1. The molecule has 0 spiro atoms. The number of carbonyl (C=O) groups excluding carboxylic acids is 1. The third-order valence-corrected chi connectivity index (χ3v) is 5.64. The summed E-state index contributed by atoms with van der Waals surface area (Å²) >= 11 is 1.44. The summed E-state index contributed by atoms with van der Waals surface area (Å²) in [5.41, 5.74) is -0.135. The third kappa shape index (κ3) is 3.82. The second-order valence-electron chi connectivity index (χ2n) is 5.05. The first kappa shape index (κ1) is 18.2. The lowest BCUT2D eigenvalue weighted by Gasteiger charge is -2.07. The standard InChI is InChI=1S/C16H13FN2O5S2/c1-18-26(21,22)11-4-5-13(17)12(7-11)16(20)24-9-10-8-23-15(19-10)14-3-2-6-25-14/h2-8,18H,9H2,1H3. The maximum atomic E-state index is 13.9. The van der Waals surface area contributed by atoms with Crippen LogP contribution < -0.4 is 4.72 Å². The molecular formula is C16H13FN2O5S2. The molecule has 1 N–H and O–H groups in total. The average molecular weight is 396 g/mol. The molecule has 0 unspecified atom stereocenters. The molecule has 26 heavy (non-hydrogen) atoms. The lowest BCUT2D eigenvalue weighted by molar-refractivity contribution is 0.0462. The Bertz CT molecular complexity index is 1030. The van der Waals surface area contributed by atoms with Crippen molar-refractivity contribution >= 4 is 27.3 Å². The number of aromatic nitrogens is 1. The lowest BCUT2D eigenvalue weighted by Crippen LogP contribution is -2.19. The van der Waals surface area contributed by atoms with Gasteiger partial charge in [0.2, 0.25) is 15.9 Å². The molecule has 0 aliphatic rings. The number of ether oxygens (including phenoxy) is 1. The van der Waals surface area contributed by atoms with Crippen molar-refractivity contribution in [2.75, 3.05) is 7.05 Å². The predicted molar refractivity (Wildman–Crippen MR) is 91.6 cm³/mol. The average Bonchev–Trinajstić information content (AvgIpc) is 3.31. The van der Waals surface area contributed by atoms with E-state index in [1.54, 1.807) is 0 Å². The summed E-state index contributed by atoms with van der Waals surface area (Å²) in [4.78, 5) is 16.9. The van der Waals surface area contributed by atoms with E-state index in [1.165, 1.54) is 24.6 Å². The van der Waals surface area contributed by atoms with Gasteiger partial charge in [-0.15, -0.1) is 11.3 Å². The van der Waals surface area contributed by atoms with E-state index in [9.17, 15) is 17.6 Å². The van der Waals surface area contributed by atoms with E-state index in [1.807, 2.05) is 17.5 Å². The topological polar surface area (TPSA) is 98.5 Å². The molecule has 136 valence electrons. The van der Waals surface area contributed by atoms with Crippen LogP contribution in [0.1, 0.15) is 16.1 Å². The van der Waals surface area contributed by atoms with Crippen molar-refractivity contribution in [1.82, 2.24) is 9.71 Å². The molecule has 7 nitrogen and oxygen atoms in total. The molecule has 10 heteroatoms. The third-order valence-electron chi connectivity index (χ3n) is 3.37. The number of rotatable bonds is 6. The second-order valence-corrected chi connectivity index (χ2v) is 7.88. The highest BCUT2D eigenvalue weighted by Gasteiger charge is 2.20. The van der Waals surface area contributed by atoms with Crippen LogP contribution in [-0.2, 0) is 21.4 Å². The van der Waals surface area contributed by atoms with Crippen molar-refractivity contribution in [2.45, 2.75) is 11.5 Å². The number of carbonyl (C=O) groups is 1. The van der Waals surface area contributed by atoms with Crippen LogP contribution in [-0.4, -0.2) is 26.4 Å². The smallest absolute Gasteiger partial charge is 0.341 e. The van der Waals surface area contributed by atoms with E-state index in [0.29, 0.717) is 11.6 Å². The van der Waals surface area contributed by atoms with Gasteiger partial charge in [-0.2, -0.15) is 0 Å². The largest absolute Gasteiger partial charge is 0.455 e. The van der Waals surface area contributed by atoms with Crippen LogP contribution in [0.5, 0.6) is 0 Å². The lowest BCUT2D eigenvalue weighted by atomic mass is 10.2. The van der Waals surface area contributed by atoms with Crippen LogP contribution in [0, 0.1) is 5.82 Å². The first-order valence-corrected chi connectivity index (χ1v) is 9.65. The van der Waals surface area contributed by atoms with Gasteiger partial charge in [-0.3, -0.25) is 0 Å². The fourth-order valence-electron chi connectivity index (χ4n) is 2.05. The fraction of sp³-hybridized carbons (Fsp3) is 0.125. The zero-order valence-electron chi connectivity index (χ0n) is 13.4. The number of hydrogen-bond acceptors (Lipinski definition) is 7. The Hall–Kier alpha value is -2.56. The van der Waals surface area contributed by atoms with Gasteiger partial charge in [0.15, 0.2) is 0 Å². The first-order valence-electron chi connectivity index (χ1n) is 7.29. The Labute approximate surface area is 152 Å². The van der Waals surface area contributed by atoms with Crippen LogP contribution in [0.2, 0.25) is 0 Å². The molecule has 1 aromatic carbocycles. The van der Waals surface area contributed by atoms with Gasteiger partial charge in [0.1, 0.15) is 24.4 Å². The highest BCUT2D eigenvalue weighted by molar-refractivity contribution is 7.89. The van der Waals surface area contributed by atoms with E-state index < -0.39 is 27.4 Å². The van der Waals surface area contributed by atoms with Crippen LogP contribution >= 0.6 is 11.3 Å². The minimum atomic E-state index is -3.81. The van der Waals surface area contributed by atoms with Crippen molar-refractivity contribution < 1.29 is 26.8 Å². The summed E-state index contributed by atoms with van der Waals surface area (Å²) in [6.07, 6.45) is 1.33. The van der Waals surface area contributed by atoms with E-state index in [-0.39, 0.29) is 11.5 Å². The molecule has 0 atom stereocenters. The van der Waals surface area contributed by atoms with Crippen LogP contribution in [0.25, 0.3) is 10.8 Å². The Morgan fingerprint density at radius 1 is 1.38 bits per heavy atom. The van der Waals surface area contributed by atoms with Crippen molar-refractivity contribution in [3.05, 3.63) is 59.0 Å². The van der Waals surface area contributed by atoms with Gasteiger partial charge in [0.25, 0.3) is 0 Å². The van der Waals surface area contributed by atoms with Gasteiger partial charge in [-0.1, -0.05) is 6.07 Å². The number of sulfonamides is 1. The Morgan fingerprint density at radius 3 is 2.88 bits per heavy atom. The van der Waals surface area contributed by atoms with Gasteiger partial charge in [0.05, 0.1) is 15.3 Å². The summed E-state index contributed by atoms with van der Waals surface area (Å²) in [6, 6.07) is 6.55. The van der Waals surface area contributed by atoms with Gasteiger partial charge in [-0.05, 0) is 36.7 Å². The Kier molecular flexibility index (Phi) is 5.16. The molecule has 0 aliphatic carbocycles. The van der Waals surface area contributed by atoms with Crippen LogP contribution in [0.3, 0.4) is 0 Å². The summed E-state index contributed by atoms with van der Waals surface area (Å²) in [5.74, 6) is -1.50. The van der Waals surface area contributed by atoms with Gasteiger partial charge < -0.3 is 9.15 Å². The second kappa shape index (κ2) is 7.36.